The zero-order valence-corrected chi connectivity index (χ0v) is 6.55. The highest BCUT2D eigenvalue weighted by molar-refractivity contribution is 6.30. The van der Waals surface area contributed by atoms with Gasteiger partial charge in [-0.2, -0.15) is 0 Å². The summed E-state index contributed by atoms with van der Waals surface area (Å²) in [5.41, 5.74) is 0.455. The van der Waals surface area contributed by atoms with Crippen LogP contribution in [0.5, 0.6) is 0 Å². The van der Waals surface area contributed by atoms with Crippen molar-refractivity contribution in [1.82, 2.24) is 0 Å². The number of benzene rings is 1. The van der Waals surface area contributed by atoms with E-state index in [9.17, 15) is 4.39 Å². The third-order valence-electron chi connectivity index (χ3n) is 1.39. The van der Waals surface area contributed by atoms with Gasteiger partial charge in [-0.15, -0.1) is 0 Å². The maximum Gasteiger partial charge on any atom is 0.148 e. The number of hydrogen-bond donors (Lipinski definition) is 1. The summed E-state index contributed by atoms with van der Waals surface area (Å²) in [7, 11) is 0. The first-order valence-electron chi connectivity index (χ1n) is 3.24. The second-order valence-electron chi connectivity index (χ2n) is 2.20. The van der Waals surface area contributed by atoms with Crippen molar-refractivity contribution in [3.05, 3.63) is 34.9 Å². The van der Waals surface area contributed by atoms with Gasteiger partial charge in [-0.3, -0.25) is 0 Å². The number of halogens is 2. The minimum atomic E-state index is -1.30. The molecule has 0 radical (unpaired) electrons. The second-order valence-corrected chi connectivity index (χ2v) is 2.64. The van der Waals surface area contributed by atoms with E-state index in [-0.39, 0.29) is 0 Å². The molecule has 0 fully saturated rings. The van der Waals surface area contributed by atoms with Crippen molar-refractivity contribution >= 4 is 11.6 Å². The van der Waals surface area contributed by atoms with Crippen molar-refractivity contribution < 1.29 is 9.50 Å². The summed E-state index contributed by atoms with van der Waals surface area (Å²) in [6.45, 7) is -0.484. The summed E-state index contributed by atoms with van der Waals surface area (Å²) >= 11 is 5.57. The molecule has 60 valence electrons. The van der Waals surface area contributed by atoms with Gasteiger partial charge in [0.25, 0.3) is 0 Å². The quantitative estimate of drug-likeness (QED) is 0.730. The Bertz CT molecular complexity index is 222. The summed E-state index contributed by atoms with van der Waals surface area (Å²) in [5, 5.41) is 9.02. The van der Waals surface area contributed by atoms with Gasteiger partial charge >= 0.3 is 0 Å². The monoisotopic (exact) mass is 174 g/mol. The van der Waals surface area contributed by atoms with Gasteiger partial charge in [0, 0.05) is 5.02 Å². The lowest BCUT2D eigenvalue weighted by atomic mass is 10.1. The van der Waals surface area contributed by atoms with Crippen LogP contribution in [-0.2, 0) is 0 Å². The van der Waals surface area contributed by atoms with Gasteiger partial charge in [0.2, 0.25) is 0 Å². The average Bonchev–Trinajstić information content (AvgIpc) is 2.05. The average molecular weight is 175 g/mol. The number of aliphatic hydroxyl groups excluding tert-OH is 1. The summed E-state index contributed by atoms with van der Waals surface area (Å²) in [4.78, 5) is 0. The first kappa shape index (κ1) is 8.50. The lowest BCUT2D eigenvalue weighted by Gasteiger charge is -2.03. The molecule has 0 bridgehead atoms. The molecule has 0 saturated heterocycles. The van der Waals surface area contributed by atoms with Crippen molar-refractivity contribution in [1.29, 1.82) is 0 Å². The van der Waals surface area contributed by atoms with Crippen LogP contribution in [0.15, 0.2) is 24.3 Å². The maximum atomic E-state index is 12.7. The molecule has 1 atom stereocenters. The van der Waals surface area contributed by atoms with Crippen molar-refractivity contribution in [2.75, 3.05) is 6.61 Å². The number of rotatable bonds is 2. The Labute approximate surface area is 69.4 Å². The van der Waals surface area contributed by atoms with Crippen LogP contribution in [0, 0.1) is 0 Å². The van der Waals surface area contributed by atoms with E-state index in [0.717, 1.165) is 0 Å². The largest absolute Gasteiger partial charge is 0.393 e. The fourth-order valence-electron chi connectivity index (χ4n) is 0.777. The fourth-order valence-corrected chi connectivity index (χ4v) is 0.903. The molecule has 3 heteroatoms. The Morgan fingerprint density at radius 3 is 2.36 bits per heavy atom. The smallest absolute Gasteiger partial charge is 0.148 e. The topological polar surface area (TPSA) is 20.2 Å². The van der Waals surface area contributed by atoms with Gasteiger partial charge in [0.15, 0.2) is 0 Å². The van der Waals surface area contributed by atoms with Gasteiger partial charge in [-0.25, -0.2) is 4.39 Å². The molecule has 0 aromatic heterocycles. The molecular formula is C8H8ClFO. The van der Waals surface area contributed by atoms with Gasteiger partial charge in [0.1, 0.15) is 6.17 Å². The first-order chi connectivity index (χ1) is 5.24. The predicted octanol–water partition coefficient (Wildman–Crippen LogP) is 2.34. The SMILES string of the molecule is OCC(F)c1ccc(Cl)cc1. The van der Waals surface area contributed by atoms with E-state index in [4.69, 9.17) is 16.7 Å². The molecule has 0 aliphatic rings. The molecule has 0 amide bonds. The molecule has 11 heavy (non-hydrogen) atoms. The molecule has 1 aromatic rings. The van der Waals surface area contributed by atoms with Crippen molar-refractivity contribution in [3.63, 3.8) is 0 Å². The molecule has 0 saturated carbocycles. The van der Waals surface area contributed by atoms with Crippen LogP contribution in [0.3, 0.4) is 0 Å². The molecule has 1 aromatic carbocycles. The molecule has 1 unspecified atom stereocenters. The molecule has 1 rings (SSSR count). The van der Waals surface area contributed by atoms with Gasteiger partial charge in [-0.1, -0.05) is 23.7 Å². The van der Waals surface area contributed by atoms with Crippen LogP contribution < -0.4 is 0 Å². The van der Waals surface area contributed by atoms with E-state index in [2.05, 4.69) is 0 Å². The number of hydrogen-bond acceptors (Lipinski definition) is 1. The Balaban J connectivity index is 2.81. The van der Waals surface area contributed by atoms with E-state index in [0.29, 0.717) is 10.6 Å². The number of aliphatic hydroxyl groups is 1. The molecule has 0 heterocycles. The zero-order chi connectivity index (χ0) is 8.27. The highest BCUT2D eigenvalue weighted by atomic mass is 35.5. The van der Waals surface area contributed by atoms with Crippen LogP contribution in [0.1, 0.15) is 11.7 Å². The Hall–Kier alpha value is -0.600. The summed E-state index contributed by atoms with van der Waals surface area (Å²) in [6, 6.07) is 6.31. The lowest BCUT2D eigenvalue weighted by molar-refractivity contribution is 0.180. The first-order valence-corrected chi connectivity index (χ1v) is 3.62. The molecule has 0 aliphatic carbocycles. The highest BCUT2D eigenvalue weighted by Gasteiger charge is 2.06. The highest BCUT2D eigenvalue weighted by Crippen LogP contribution is 2.18. The van der Waals surface area contributed by atoms with E-state index in [1.165, 1.54) is 0 Å². The maximum absolute atomic E-state index is 12.7. The lowest BCUT2D eigenvalue weighted by Crippen LogP contribution is -1.95. The fraction of sp³-hybridized carbons (Fsp3) is 0.250. The standard InChI is InChI=1S/C8H8ClFO/c9-7-3-1-6(2-4-7)8(10)5-11/h1-4,8,11H,5H2. The Morgan fingerprint density at radius 1 is 1.36 bits per heavy atom. The van der Waals surface area contributed by atoms with Crippen LogP contribution in [0.2, 0.25) is 5.02 Å². The third-order valence-corrected chi connectivity index (χ3v) is 1.64. The molecule has 1 N–H and O–H groups in total. The van der Waals surface area contributed by atoms with Gasteiger partial charge in [0.05, 0.1) is 6.61 Å². The van der Waals surface area contributed by atoms with Crippen LogP contribution in [0.25, 0.3) is 0 Å². The third kappa shape index (κ3) is 2.17. The van der Waals surface area contributed by atoms with E-state index >= 15 is 0 Å². The Morgan fingerprint density at radius 2 is 1.91 bits per heavy atom. The van der Waals surface area contributed by atoms with Crippen molar-refractivity contribution in [2.45, 2.75) is 6.17 Å². The van der Waals surface area contributed by atoms with Crippen LogP contribution >= 0.6 is 11.6 Å². The normalized spacial score (nSPS) is 13.0. The minimum absolute atomic E-state index is 0.455. The molecule has 0 aliphatic heterocycles. The molecular weight excluding hydrogens is 167 g/mol. The molecule has 0 spiro atoms. The molecule has 1 nitrogen and oxygen atoms in total. The minimum Gasteiger partial charge on any atom is -0.393 e. The summed E-state index contributed by atoms with van der Waals surface area (Å²) < 4.78 is 12.7. The predicted molar refractivity (Wildman–Crippen MR) is 42.4 cm³/mol. The number of alkyl halides is 1. The summed E-state index contributed by atoms with van der Waals surface area (Å²) in [5.74, 6) is 0. The van der Waals surface area contributed by atoms with Gasteiger partial charge < -0.3 is 5.11 Å². The zero-order valence-electron chi connectivity index (χ0n) is 5.80. The van der Waals surface area contributed by atoms with Crippen LogP contribution in [-0.4, -0.2) is 11.7 Å². The van der Waals surface area contributed by atoms with E-state index in [1.807, 2.05) is 0 Å². The van der Waals surface area contributed by atoms with Crippen molar-refractivity contribution in [2.24, 2.45) is 0 Å². The van der Waals surface area contributed by atoms with E-state index in [1.54, 1.807) is 24.3 Å². The Kier molecular flexibility index (Phi) is 2.85. The van der Waals surface area contributed by atoms with E-state index < -0.39 is 12.8 Å². The van der Waals surface area contributed by atoms with Crippen molar-refractivity contribution in [3.8, 4) is 0 Å². The van der Waals surface area contributed by atoms with Crippen LogP contribution in [0.4, 0.5) is 4.39 Å². The second kappa shape index (κ2) is 3.69. The van der Waals surface area contributed by atoms with Gasteiger partial charge in [-0.05, 0) is 17.7 Å². The summed E-state index contributed by atoms with van der Waals surface area (Å²) in [6.07, 6.45) is -1.30.